The average Bonchev–Trinajstić information content (AvgIpc) is 3.07. The maximum atomic E-state index is 12.7. The summed E-state index contributed by atoms with van der Waals surface area (Å²) >= 11 is 0. The van der Waals surface area contributed by atoms with Crippen LogP contribution in [0, 0.1) is 0 Å². The maximum absolute atomic E-state index is 12.7. The molecule has 0 radical (unpaired) electrons. The molecule has 110 valence electrons. The van der Waals surface area contributed by atoms with Gasteiger partial charge in [0.1, 0.15) is 0 Å². The minimum Gasteiger partial charge on any atom is -0.479 e. The highest BCUT2D eigenvalue weighted by atomic mass is 19.4. The number of hydrogen-bond donors (Lipinski definition) is 3. The lowest BCUT2D eigenvalue weighted by molar-refractivity contribution is -0.203. The lowest BCUT2D eigenvalue weighted by Crippen LogP contribution is -2.64. The lowest BCUT2D eigenvalue weighted by Gasteiger charge is -2.32. The van der Waals surface area contributed by atoms with Gasteiger partial charge in [-0.1, -0.05) is 0 Å². The number of aliphatic hydroxyl groups is 1. The van der Waals surface area contributed by atoms with E-state index in [1.54, 1.807) is 0 Å². The zero-order chi connectivity index (χ0) is 14.8. The Morgan fingerprint density at radius 3 is 2.21 bits per heavy atom. The summed E-state index contributed by atoms with van der Waals surface area (Å²) in [5.41, 5.74) is -3.35. The third-order valence-corrected chi connectivity index (χ3v) is 2.94. The van der Waals surface area contributed by atoms with Crippen molar-refractivity contribution in [2.24, 2.45) is 0 Å². The van der Waals surface area contributed by atoms with Crippen LogP contribution in [-0.4, -0.2) is 58.0 Å². The number of rotatable bonds is 5. The second kappa shape index (κ2) is 5.24. The molecule has 3 N–H and O–H groups in total. The average molecular weight is 284 g/mol. The van der Waals surface area contributed by atoms with Gasteiger partial charge in [0.15, 0.2) is 0 Å². The van der Waals surface area contributed by atoms with Crippen molar-refractivity contribution in [1.82, 2.24) is 10.2 Å². The van der Waals surface area contributed by atoms with Crippen LogP contribution in [0.4, 0.5) is 18.0 Å². The molecule has 0 heterocycles. The van der Waals surface area contributed by atoms with Crippen LogP contribution in [0.1, 0.15) is 19.8 Å². The molecular formula is C10H15F3N2O4. The largest absolute Gasteiger partial charge is 0.479 e. The number of halogens is 3. The van der Waals surface area contributed by atoms with Gasteiger partial charge in [0, 0.05) is 12.6 Å². The number of aliphatic carboxylic acids is 1. The molecule has 9 heteroatoms. The first-order valence-electron chi connectivity index (χ1n) is 5.63. The van der Waals surface area contributed by atoms with Crippen LogP contribution in [0.25, 0.3) is 0 Å². The summed E-state index contributed by atoms with van der Waals surface area (Å²) in [7, 11) is 0. The van der Waals surface area contributed by atoms with E-state index in [-0.39, 0.29) is 12.6 Å². The first-order valence-corrected chi connectivity index (χ1v) is 5.63. The third-order valence-electron chi connectivity index (χ3n) is 2.94. The van der Waals surface area contributed by atoms with E-state index in [9.17, 15) is 22.8 Å². The van der Waals surface area contributed by atoms with Crippen molar-refractivity contribution >= 4 is 12.0 Å². The van der Waals surface area contributed by atoms with E-state index in [1.165, 1.54) is 5.32 Å². The highest BCUT2D eigenvalue weighted by Crippen LogP contribution is 2.32. The predicted octanol–water partition coefficient (Wildman–Crippen LogP) is 0.558. The molecule has 1 aliphatic rings. The van der Waals surface area contributed by atoms with E-state index in [0.29, 0.717) is 19.8 Å². The van der Waals surface area contributed by atoms with Crippen LogP contribution in [0.5, 0.6) is 0 Å². The first-order chi connectivity index (χ1) is 8.63. The maximum Gasteiger partial charge on any atom is 0.422 e. The number of urea groups is 1. The summed E-state index contributed by atoms with van der Waals surface area (Å²) in [5, 5.41) is 18.9. The van der Waals surface area contributed by atoms with E-state index in [0.717, 1.165) is 4.90 Å². The fourth-order valence-electron chi connectivity index (χ4n) is 1.48. The van der Waals surface area contributed by atoms with Gasteiger partial charge in [0.05, 0.1) is 6.61 Å². The van der Waals surface area contributed by atoms with Gasteiger partial charge in [0.2, 0.25) is 5.54 Å². The number of carbonyl (C=O) groups is 2. The van der Waals surface area contributed by atoms with Crippen LogP contribution >= 0.6 is 0 Å². The number of nitrogens with zero attached hydrogens (tertiary/aromatic N) is 1. The van der Waals surface area contributed by atoms with Gasteiger partial charge in [0.25, 0.3) is 0 Å². The second-order valence-corrected chi connectivity index (χ2v) is 4.51. The molecule has 0 aromatic rings. The van der Waals surface area contributed by atoms with Crippen LogP contribution in [0.2, 0.25) is 0 Å². The molecule has 6 nitrogen and oxygen atoms in total. The minimum atomic E-state index is -5.12. The molecule has 1 fully saturated rings. The highest BCUT2D eigenvalue weighted by molar-refractivity contribution is 5.87. The summed E-state index contributed by atoms with van der Waals surface area (Å²) in [4.78, 5) is 23.5. The summed E-state index contributed by atoms with van der Waals surface area (Å²) in [6, 6.07) is -1.38. The topological polar surface area (TPSA) is 89.9 Å². The Morgan fingerprint density at radius 2 is 1.89 bits per heavy atom. The van der Waals surface area contributed by atoms with Gasteiger partial charge < -0.3 is 20.4 Å². The van der Waals surface area contributed by atoms with E-state index in [2.05, 4.69) is 0 Å². The zero-order valence-corrected chi connectivity index (χ0v) is 10.2. The van der Waals surface area contributed by atoms with Gasteiger partial charge in [-0.25, -0.2) is 9.59 Å². The van der Waals surface area contributed by atoms with Crippen molar-refractivity contribution in [2.75, 3.05) is 13.2 Å². The van der Waals surface area contributed by atoms with Gasteiger partial charge in [-0.2, -0.15) is 13.2 Å². The number of aliphatic hydroxyl groups excluding tert-OH is 1. The molecule has 0 spiro atoms. The van der Waals surface area contributed by atoms with Gasteiger partial charge in [-0.15, -0.1) is 0 Å². The van der Waals surface area contributed by atoms with Crippen LogP contribution in [0.15, 0.2) is 0 Å². The Morgan fingerprint density at radius 1 is 1.37 bits per heavy atom. The van der Waals surface area contributed by atoms with Crippen molar-refractivity contribution in [3.63, 3.8) is 0 Å². The molecule has 2 amide bonds. The summed E-state index contributed by atoms with van der Waals surface area (Å²) in [5.74, 6) is -2.19. The molecule has 0 saturated heterocycles. The molecule has 1 rings (SSSR count). The molecule has 0 aromatic carbocycles. The number of hydrogen-bond acceptors (Lipinski definition) is 3. The van der Waals surface area contributed by atoms with Crippen molar-refractivity contribution in [3.8, 4) is 0 Å². The van der Waals surface area contributed by atoms with Gasteiger partial charge in [-0.05, 0) is 19.8 Å². The Labute approximate surface area is 107 Å². The molecule has 1 atom stereocenters. The standard InChI is InChI=1S/C10H15F3N2O4/c1-9(7(17)18,10(11,12)13)14-8(19)15(4-5-16)6-2-3-6/h6,16H,2-5H2,1H3,(H,14,19)(H,17,18). The van der Waals surface area contributed by atoms with Crippen LogP contribution < -0.4 is 5.32 Å². The Kier molecular flexibility index (Phi) is 4.28. The van der Waals surface area contributed by atoms with E-state index >= 15 is 0 Å². The minimum absolute atomic E-state index is 0.135. The van der Waals surface area contributed by atoms with E-state index in [1.807, 2.05) is 0 Å². The lowest BCUT2D eigenvalue weighted by atomic mass is 10.0. The monoisotopic (exact) mass is 284 g/mol. The smallest absolute Gasteiger partial charge is 0.422 e. The fraction of sp³-hybridized carbons (Fsp3) is 0.800. The first kappa shape index (κ1) is 15.5. The molecule has 0 aromatic heterocycles. The van der Waals surface area contributed by atoms with E-state index < -0.39 is 30.3 Å². The normalized spacial score (nSPS) is 18.6. The molecule has 1 aliphatic carbocycles. The van der Waals surface area contributed by atoms with Crippen molar-refractivity contribution in [2.45, 2.75) is 37.5 Å². The van der Waals surface area contributed by atoms with Crippen molar-refractivity contribution in [1.29, 1.82) is 0 Å². The van der Waals surface area contributed by atoms with Crippen LogP contribution in [-0.2, 0) is 4.79 Å². The van der Waals surface area contributed by atoms with Crippen molar-refractivity contribution in [3.05, 3.63) is 0 Å². The number of carboxylic acid groups (broad SMARTS) is 1. The Balaban J connectivity index is 2.84. The SMILES string of the molecule is CC(NC(=O)N(CCO)C1CC1)(C(=O)O)C(F)(F)F. The van der Waals surface area contributed by atoms with Gasteiger partial charge in [-0.3, -0.25) is 0 Å². The highest BCUT2D eigenvalue weighted by Gasteiger charge is 2.59. The molecule has 19 heavy (non-hydrogen) atoms. The quantitative estimate of drug-likeness (QED) is 0.688. The summed E-state index contributed by atoms with van der Waals surface area (Å²) < 4.78 is 38.2. The number of amides is 2. The predicted molar refractivity (Wildman–Crippen MR) is 57.4 cm³/mol. The number of nitrogens with one attached hydrogen (secondary N) is 1. The number of carbonyl (C=O) groups excluding carboxylic acids is 1. The molecule has 0 bridgehead atoms. The zero-order valence-electron chi connectivity index (χ0n) is 10.2. The fourth-order valence-corrected chi connectivity index (χ4v) is 1.48. The Bertz CT molecular complexity index is 370. The molecule has 1 saturated carbocycles. The van der Waals surface area contributed by atoms with Crippen LogP contribution in [0.3, 0.4) is 0 Å². The molecule has 1 unspecified atom stereocenters. The van der Waals surface area contributed by atoms with Crippen molar-refractivity contribution < 1.29 is 33.0 Å². The molecular weight excluding hydrogens is 269 g/mol. The molecule has 0 aliphatic heterocycles. The van der Waals surface area contributed by atoms with E-state index in [4.69, 9.17) is 10.2 Å². The number of alkyl halides is 3. The summed E-state index contributed by atoms with van der Waals surface area (Å²) in [6.07, 6.45) is -3.87. The Hall–Kier alpha value is -1.51. The second-order valence-electron chi connectivity index (χ2n) is 4.51. The van der Waals surface area contributed by atoms with Gasteiger partial charge >= 0.3 is 18.2 Å². The summed E-state index contributed by atoms with van der Waals surface area (Å²) in [6.45, 7) is -0.152. The third kappa shape index (κ3) is 3.28. The number of carboxylic acids is 1.